The van der Waals surface area contributed by atoms with Crippen molar-refractivity contribution in [1.29, 1.82) is 0 Å². The molecule has 0 saturated carbocycles. The smallest absolute Gasteiger partial charge is 0.310 e. The predicted octanol–water partition coefficient (Wildman–Crippen LogP) is 1.50. The minimum atomic E-state index is -0.949. The van der Waals surface area contributed by atoms with E-state index in [0.29, 0.717) is 13.1 Å². The molecule has 2 saturated heterocycles. The highest BCUT2D eigenvalue weighted by Gasteiger charge is 2.54. The van der Waals surface area contributed by atoms with Crippen LogP contribution in [0.4, 0.5) is 0 Å². The second-order valence-corrected chi connectivity index (χ2v) is 7.28. The average Bonchev–Trinajstić information content (AvgIpc) is 3.30. The summed E-state index contributed by atoms with van der Waals surface area (Å²) in [5.41, 5.74) is 1.18. The minimum absolute atomic E-state index is 0.0845. The quantitative estimate of drug-likeness (QED) is 0.798. The molecule has 3 aliphatic rings. The number of carbonyl (C=O) groups is 2. The summed E-state index contributed by atoms with van der Waals surface area (Å²) in [5.74, 6) is -2.39. The summed E-state index contributed by atoms with van der Waals surface area (Å²) in [7, 11) is 0. The second-order valence-electron chi connectivity index (χ2n) is 7.28. The number of aliphatic carboxylic acids is 1. The molecule has 0 aromatic heterocycles. The third-order valence-corrected chi connectivity index (χ3v) is 5.63. The van der Waals surface area contributed by atoms with Crippen molar-refractivity contribution in [2.24, 2.45) is 11.8 Å². The number of hydrogen-bond donors (Lipinski definition) is 1. The van der Waals surface area contributed by atoms with Crippen molar-refractivity contribution >= 4 is 18.0 Å². The molecule has 6 heteroatoms. The lowest BCUT2D eigenvalue weighted by Gasteiger charge is -2.36. The Hall–Kier alpha value is -2.44. The van der Waals surface area contributed by atoms with Gasteiger partial charge in [0, 0.05) is 32.7 Å². The highest BCUT2D eigenvalue weighted by atomic mass is 16.5. The topological polar surface area (TPSA) is 70.1 Å². The fourth-order valence-electron chi connectivity index (χ4n) is 4.16. The van der Waals surface area contributed by atoms with Crippen molar-refractivity contribution in [2.75, 3.05) is 32.7 Å². The zero-order valence-corrected chi connectivity index (χ0v) is 15.1. The molecule has 0 unspecified atom stereocenters. The first-order valence-corrected chi connectivity index (χ1v) is 9.43. The van der Waals surface area contributed by atoms with Gasteiger partial charge in [-0.2, -0.15) is 0 Å². The third-order valence-electron chi connectivity index (χ3n) is 5.63. The molecule has 2 bridgehead atoms. The van der Waals surface area contributed by atoms with Gasteiger partial charge in [0.15, 0.2) is 0 Å². The molecule has 0 aliphatic carbocycles. The van der Waals surface area contributed by atoms with Crippen molar-refractivity contribution in [3.05, 3.63) is 54.1 Å². The maximum Gasteiger partial charge on any atom is 0.310 e. The van der Waals surface area contributed by atoms with Crippen LogP contribution in [0.1, 0.15) is 5.56 Å². The van der Waals surface area contributed by atoms with E-state index < -0.39 is 30.0 Å². The van der Waals surface area contributed by atoms with E-state index in [1.54, 1.807) is 11.0 Å². The van der Waals surface area contributed by atoms with E-state index in [-0.39, 0.29) is 5.91 Å². The van der Waals surface area contributed by atoms with E-state index in [1.807, 2.05) is 24.3 Å². The van der Waals surface area contributed by atoms with Gasteiger partial charge in [0.05, 0.1) is 18.1 Å². The van der Waals surface area contributed by atoms with Gasteiger partial charge < -0.3 is 14.7 Å². The van der Waals surface area contributed by atoms with Crippen molar-refractivity contribution in [3.63, 3.8) is 0 Å². The third kappa shape index (κ3) is 3.68. The molecule has 0 radical (unpaired) electrons. The molecule has 4 rings (SSSR count). The molecule has 1 amide bonds. The van der Waals surface area contributed by atoms with E-state index in [1.165, 1.54) is 5.56 Å². The largest absolute Gasteiger partial charge is 0.481 e. The predicted molar refractivity (Wildman–Crippen MR) is 101 cm³/mol. The van der Waals surface area contributed by atoms with Crippen LogP contribution in [0.3, 0.4) is 0 Å². The molecule has 2 fully saturated rings. The number of ether oxygens (including phenoxy) is 1. The summed E-state index contributed by atoms with van der Waals surface area (Å²) in [6.45, 7) is 3.68. The van der Waals surface area contributed by atoms with Crippen LogP contribution in [0.25, 0.3) is 6.08 Å². The molecule has 27 heavy (non-hydrogen) atoms. The van der Waals surface area contributed by atoms with E-state index in [4.69, 9.17) is 4.74 Å². The molecule has 0 spiro atoms. The summed E-state index contributed by atoms with van der Waals surface area (Å²) < 4.78 is 5.63. The monoisotopic (exact) mass is 368 g/mol. The summed E-state index contributed by atoms with van der Waals surface area (Å²) >= 11 is 0. The van der Waals surface area contributed by atoms with E-state index in [2.05, 4.69) is 29.2 Å². The van der Waals surface area contributed by atoms with Gasteiger partial charge in [-0.15, -0.1) is 0 Å². The first-order chi connectivity index (χ1) is 13.1. The van der Waals surface area contributed by atoms with Gasteiger partial charge in [0.2, 0.25) is 5.91 Å². The number of rotatable bonds is 5. The van der Waals surface area contributed by atoms with Crippen LogP contribution < -0.4 is 0 Å². The lowest BCUT2D eigenvalue weighted by molar-refractivity contribution is -0.150. The number of hydrogen-bond acceptors (Lipinski definition) is 4. The SMILES string of the molecule is O=C(O)[C@@H]1[C@H](C(=O)N2CCN(C/C=C/c3ccccc3)CC2)[C@H]2C=C[C@@H]1O2. The van der Waals surface area contributed by atoms with Gasteiger partial charge in [-0.25, -0.2) is 0 Å². The average molecular weight is 368 g/mol. The molecule has 3 heterocycles. The maximum atomic E-state index is 12.9. The lowest BCUT2D eigenvalue weighted by atomic mass is 9.82. The van der Waals surface area contributed by atoms with Gasteiger partial charge >= 0.3 is 5.97 Å². The van der Waals surface area contributed by atoms with Gasteiger partial charge in [0.25, 0.3) is 0 Å². The molecule has 4 atom stereocenters. The Labute approximate surface area is 158 Å². The molecule has 6 nitrogen and oxygen atoms in total. The number of carbonyl (C=O) groups excluding carboxylic acids is 1. The van der Waals surface area contributed by atoms with Crippen LogP contribution in [0.2, 0.25) is 0 Å². The zero-order chi connectivity index (χ0) is 18.8. The second kappa shape index (κ2) is 7.66. The van der Waals surface area contributed by atoms with Crippen molar-refractivity contribution in [3.8, 4) is 0 Å². The Morgan fingerprint density at radius 3 is 2.37 bits per heavy atom. The summed E-state index contributed by atoms with van der Waals surface area (Å²) in [5, 5.41) is 9.49. The first-order valence-electron chi connectivity index (χ1n) is 9.43. The van der Waals surface area contributed by atoms with Crippen molar-refractivity contribution in [1.82, 2.24) is 9.80 Å². The van der Waals surface area contributed by atoms with E-state index in [9.17, 15) is 14.7 Å². The molecule has 1 aromatic carbocycles. The Bertz CT molecular complexity index is 753. The van der Waals surface area contributed by atoms with Crippen LogP contribution in [-0.2, 0) is 14.3 Å². The molecular weight excluding hydrogens is 344 g/mol. The van der Waals surface area contributed by atoms with Crippen molar-refractivity contribution < 1.29 is 19.4 Å². The molecule has 142 valence electrons. The van der Waals surface area contributed by atoms with Gasteiger partial charge in [-0.05, 0) is 5.56 Å². The highest BCUT2D eigenvalue weighted by Crippen LogP contribution is 2.40. The number of nitrogens with zero attached hydrogens (tertiary/aromatic N) is 2. The van der Waals surface area contributed by atoms with Gasteiger partial charge in [-0.1, -0.05) is 54.6 Å². The summed E-state index contributed by atoms with van der Waals surface area (Å²) in [6.07, 6.45) is 6.98. The standard InChI is InChI=1S/C21H24N2O4/c24-20(18-16-8-9-17(27-16)19(18)21(25)26)23-13-11-22(12-14-23)10-4-7-15-5-2-1-3-6-15/h1-9,16-19H,10-14H2,(H,25,26)/b7-4+/t16-,17+,18-,19+/m1/s1. The van der Waals surface area contributed by atoms with Gasteiger partial charge in [0.1, 0.15) is 5.92 Å². The Morgan fingerprint density at radius 1 is 1.04 bits per heavy atom. The van der Waals surface area contributed by atoms with Crippen LogP contribution in [-0.4, -0.2) is 71.7 Å². The number of amides is 1. The Kier molecular flexibility index (Phi) is 5.09. The van der Waals surface area contributed by atoms with Crippen LogP contribution >= 0.6 is 0 Å². The van der Waals surface area contributed by atoms with Gasteiger partial charge in [-0.3, -0.25) is 14.5 Å². The Morgan fingerprint density at radius 2 is 1.70 bits per heavy atom. The summed E-state index contributed by atoms with van der Waals surface area (Å²) in [6, 6.07) is 10.2. The molecule has 3 aliphatic heterocycles. The Balaban J connectivity index is 1.30. The highest BCUT2D eigenvalue weighted by molar-refractivity contribution is 5.87. The lowest BCUT2D eigenvalue weighted by Crippen LogP contribution is -2.52. The van der Waals surface area contributed by atoms with E-state index >= 15 is 0 Å². The molecular formula is C21H24N2O4. The first kappa shape index (κ1) is 17.9. The number of piperazine rings is 1. The molecule has 1 aromatic rings. The number of carboxylic acid groups (broad SMARTS) is 1. The number of carboxylic acids is 1. The molecule has 1 N–H and O–H groups in total. The fraction of sp³-hybridized carbons (Fsp3) is 0.429. The fourth-order valence-corrected chi connectivity index (χ4v) is 4.16. The number of benzene rings is 1. The van der Waals surface area contributed by atoms with Crippen LogP contribution in [0.15, 0.2) is 48.6 Å². The minimum Gasteiger partial charge on any atom is -0.481 e. The van der Waals surface area contributed by atoms with Crippen LogP contribution in [0, 0.1) is 11.8 Å². The normalized spacial score (nSPS) is 30.3. The summed E-state index contributed by atoms with van der Waals surface area (Å²) in [4.78, 5) is 28.6. The van der Waals surface area contributed by atoms with Crippen LogP contribution in [0.5, 0.6) is 0 Å². The maximum absolute atomic E-state index is 12.9. The zero-order valence-electron chi connectivity index (χ0n) is 15.1. The van der Waals surface area contributed by atoms with E-state index in [0.717, 1.165) is 19.6 Å². The number of fused-ring (bicyclic) bond motifs is 2. The van der Waals surface area contributed by atoms with Crippen molar-refractivity contribution in [2.45, 2.75) is 12.2 Å².